The van der Waals surface area contributed by atoms with Crippen molar-refractivity contribution < 1.29 is 14.4 Å². The average Bonchev–Trinajstić information content (AvgIpc) is 2.85. The van der Waals surface area contributed by atoms with Crippen LogP contribution in [0.4, 0.5) is 0 Å². The van der Waals surface area contributed by atoms with Gasteiger partial charge >= 0.3 is 0 Å². The summed E-state index contributed by atoms with van der Waals surface area (Å²) < 4.78 is 16.8. The summed E-state index contributed by atoms with van der Waals surface area (Å²) >= 11 is 5.73. The lowest BCUT2D eigenvalue weighted by molar-refractivity contribution is -0.939. The molecule has 1 unspecified atom stereocenters. The molecule has 2 aliphatic rings. The van der Waals surface area contributed by atoms with Crippen LogP contribution in [0.3, 0.4) is 0 Å². The maximum atomic E-state index is 5.82. The number of ether oxygens (including phenoxy) is 2. The van der Waals surface area contributed by atoms with Crippen LogP contribution in [-0.4, -0.2) is 34.1 Å². The molecular formula is C21H31N4O2S+. The van der Waals surface area contributed by atoms with Crippen molar-refractivity contribution in [2.75, 3.05) is 19.8 Å². The van der Waals surface area contributed by atoms with E-state index < -0.39 is 0 Å². The van der Waals surface area contributed by atoms with E-state index >= 15 is 0 Å². The van der Waals surface area contributed by atoms with E-state index in [4.69, 9.17) is 26.8 Å². The molecule has 7 heteroatoms. The molecule has 4 rings (SSSR count). The molecule has 0 aliphatic carbocycles. The molecule has 0 fully saturated rings. The van der Waals surface area contributed by atoms with Crippen molar-refractivity contribution in [1.29, 1.82) is 0 Å². The van der Waals surface area contributed by atoms with E-state index in [1.54, 1.807) is 0 Å². The number of benzene rings is 1. The average molecular weight is 404 g/mol. The van der Waals surface area contributed by atoms with Crippen LogP contribution in [0.15, 0.2) is 12.1 Å². The molecule has 6 nitrogen and oxygen atoms in total. The summed E-state index contributed by atoms with van der Waals surface area (Å²) in [5.74, 6) is 2.89. The van der Waals surface area contributed by atoms with Crippen LogP contribution in [0.2, 0.25) is 0 Å². The molecular weight excluding hydrogens is 372 g/mol. The van der Waals surface area contributed by atoms with E-state index in [1.807, 2.05) is 18.5 Å². The van der Waals surface area contributed by atoms with Crippen LogP contribution < -0.4 is 14.4 Å². The lowest BCUT2D eigenvalue weighted by Crippen LogP contribution is -3.11. The van der Waals surface area contributed by atoms with E-state index in [0.29, 0.717) is 13.2 Å². The summed E-state index contributed by atoms with van der Waals surface area (Å²) in [5.41, 5.74) is 2.72. The number of fused-ring (bicyclic) bond motifs is 2. The van der Waals surface area contributed by atoms with E-state index in [9.17, 15) is 0 Å². The van der Waals surface area contributed by atoms with E-state index in [-0.39, 0.29) is 0 Å². The minimum atomic E-state index is 0.644. The second kappa shape index (κ2) is 8.66. The molecule has 0 spiro atoms. The number of rotatable bonds is 6. The third-order valence-corrected chi connectivity index (χ3v) is 6.14. The first-order valence-electron chi connectivity index (χ1n) is 10.6. The molecule has 1 aromatic carbocycles. The Morgan fingerprint density at radius 2 is 1.79 bits per heavy atom. The minimum absolute atomic E-state index is 0.644. The van der Waals surface area contributed by atoms with Crippen LogP contribution in [0.1, 0.15) is 50.1 Å². The van der Waals surface area contributed by atoms with E-state index in [0.717, 1.165) is 55.4 Å². The Bertz CT molecular complexity index is 889. The number of quaternary nitrogens is 1. The Morgan fingerprint density at radius 3 is 2.54 bits per heavy atom. The molecule has 0 bridgehead atoms. The van der Waals surface area contributed by atoms with Gasteiger partial charge in [-0.3, -0.25) is 0 Å². The summed E-state index contributed by atoms with van der Waals surface area (Å²) in [6.45, 7) is 9.21. The monoisotopic (exact) mass is 403 g/mol. The summed E-state index contributed by atoms with van der Waals surface area (Å²) in [6, 6.07) is 4.34. The summed E-state index contributed by atoms with van der Waals surface area (Å²) in [7, 11) is 0. The second-order valence-corrected chi connectivity index (χ2v) is 8.04. The van der Waals surface area contributed by atoms with Gasteiger partial charge in [-0.05, 0) is 56.6 Å². The highest BCUT2D eigenvalue weighted by molar-refractivity contribution is 7.71. The predicted molar refractivity (Wildman–Crippen MR) is 111 cm³/mol. The lowest BCUT2D eigenvalue weighted by atomic mass is 9.99. The highest BCUT2D eigenvalue weighted by Gasteiger charge is 2.24. The van der Waals surface area contributed by atoms with E-state index in [2.05, 4.69) is 16.7 Å². The Kier molecular flexibility index (Phi) is 6.01. The minimum Gasteiger partial charge on any atom is -0.490 e. The Morgan fingerprint density at radius 1 is 1.04 bits per heavy atom. The van der Waals surface area contributed by atoms with Gasteiger partial charge in [-0.15, -0.1) is 0 Å². The van der Waals surface area contributed by atoms with Crippen LogP contribution in [0, 0.1) is 4.77 Å². The van der Waals surface area contributed by atoms with Gasteiger partial charge in [-0.1, -0.05) is 6.42 Å². The number of nitrogens with zero attached hydrogens (tertiary/aromatic N) is 3. The summed E-state index contributed by atoms with van der Waals surface area (Å²) in [4.78, 5) is 1.49. The number of aromatic nitrogens is 3. The molecule has 1 N–H and O–H groups in total. The van der Waals surface area contributed by atoms with Crippen LogP contribution >= 0.6 is 12.2 Å². The van der Waals surface area contributed by atoms with E-state index in [1.165, 1.54) is 41.1 Å². The summed E-state index contributed by atoms with van der Waals surface area (Å²) in [5, 5.41) is 4.86. The third kappa shape index (κ3) is 3.96. The van der Waals surface area contributed by atoms with Crippen LogP contribution in [0.5, 0.6) is 11.5 Å². The van der Waals surface area contributed by atoms with Crippen molar-refractivity contribution in [2.24, 2.45) is 0 Å². The number of aryl methyl sites for hydroxylation is 1. The largest absolute Gasteiger partial charge is 0.490 e. The molecule has 28 heavy (non-hydrogen) atoms. The van der Waals surface area contributed by atoms with Gasteiger partial charge in [-0.25, -0.2) is 0 Å². The zero-order valence-corrected chi connectivity index (χ0v) is 17.8. The summed E-state index contributed by atoms with van der Waals surface area (Å²) in [6.07, 6.45) is 5.79. The van der Waals surface area contributed by atoms with Gasteiger partial charge in [0.05, 0.1) is 19.8 Å². The molecule has 2 aromatic rings. The smallest absolute Gasteiger partial charge is 0.202 e. The zero-order chi connectivity index (χ0) is 19.5. The van der Waals surface area contributed by atoms with Crippen molar-refractivity contribution in [3.63, 3.8) is 0 Å². The van der Waals surface area contributed by atoms with Crippen molar-refractivity contribution in [1.82, 2.24) is 14.3 Å². The molecule has 3 heterocycles. The molecule has 152 valence electrons. The fourth-order valence-electron chi connectivity index (χ4n) is 4.32. The first-order chi connectivity index (χ1) is 13.7. The van der Waals surface area contributed by atoms with Gasteiger partial charge < -0.3 is 18.9 Å². The van der Waals surface area contributed by atoms with Crippen LogP contribution in [0.25, 0.3) is 0 Å². The van der Waals surface area contributed by atoms with Gasteiger partial charge in [0.1, 0.15) is 12.4 Å². The van der Waals surface area contributed by atoms with Gasteiger partial charge in [0.25, 0.3) is 0 Å². The Labute approximate surface area is 172 Å². The number of hydrogen-bond acceptors (Lipinski definition) is 4. The molecule has 0 saturated heterocycles. The number of nitrogens with one attached hydrogen (secondary N) is 1. The maximum Gasteiger partial charge on any atom is 0.202 e. The van der Waals surface area contributed by atoms with Gasteiger partial charge in [0.2, 0.25) is 4.77 Å². The third-order valence-electron chi connectivity index (χ3n) is 5.71. The molecule has 2 aliphatic heterocycles. The van der Waals surface area contributed by atoms with Gasteiger partial charge in [0, 0.05) is 24.9 Å². The van der Waals surface area contributed by atoms with Crippen molar-refractivity contribution >= 4 is 12.2 Å². The van der Waals surface area contributed by atoms with Crippen molar-refractivity contribution in [3.8, 4) is 11.5 Å². The quantitative estimate of drug-likeness (QED) is 0.753. The highest BCUT2D eigenvalue weighted by atomic mass is 32.1. The zero-order valence-electron chi connectivity index (χ0n) is 17.0. The molecule has 0 radical (unpaired) electrons. The predicted octanol–water partition coefficient (Wildman–Crippen LogP) is 2.54. The van der Waals surface area contributed by atoms with Crippen molar-refractivity contribution in [2.45, 2.75) is 65.7 Å². The molecule has 0 amide bonds. The van der Waals surface area contributed by atoms with Crippen molar-refractivity contribution in [3.05, 3.63) is 33.9 Å². The normalized spacial score (nSPS) is 18.9. The Hall–Kier alpha value is -1.86. The second-order valence-electron chi connectivity index (χ2n) is 7.68. The SMILES string of the molecule is CCOc1cc2c(cc1OCC)C[NH+](Cn1nc3n(c1=S)CCCCC3)CC2. The fourth-order valence-corrected chi connectivity index (χ4v) is 4.62. The molecule has 1 atom stereocenters. The Balaban J connectivity index is 1.53. The van der Waals surface area contributed by atoms with Gasteiger partial charge in [0.15, 0.2) is 18.2 Å². The number of hydrogen-bond donors (Lipinski definition) is 1. The topological polar surface area (TPSA) is 45.6 Å². The maximum absolute atomic E-state index is 5.82. The van der Waals surface area contributed by atoms with Gasteiger partial charge in [-0.2, -0.15) is 9.78 Å². The fraction of sp³-hybridized carbons (Fsp3) is 0.619. The molecule has 0 saturated carbocycles. The molecule has 1 aromatic heterocycles. The van der Waals surface area contributed by atoms with Crippen LogP contribution in [-0.2, 0) is 32.6 Å². The first kappa shape index (κ1) is 19.5. The highest BCUT2D eigenvalue weighted by Crippen LogP contribution is 2.32. The lowest BCUT2D eigenvalue weighted by Gasteiger charge is -2.27. The first-order valence-corrected chi connectivity index (χ1v) is 11.0. The standard InChI is InChI=1S/C21H30N4O2S/c1-3-26-18-12-16-9-11-23(14-17(16)13-19(18)27-4-2)15-25-21(28)24-10-7-5-6-8-20(24)22-25/h12-13H,3-11,14-15H2,1-2H3/p+1.